The van der Waals surface area contributed by atoms with Crippen LogP contribution in [0.2, 0.25) is 0 Å². The molecule has 4 fully saturated rings. The van der Waals surface area contributed by atoms with Gasteiger partial charge in [0.15, 0.2) is 5.65 Å². The quantitative estimate of drug-likeness (QED) is 0.538. The SMILES string of the molecule is O=C(C1CC1)N1CCC(O)(Cn2cnc3c(cnn3-c3ccc(N4CCC5(CCOCC5)C4)cc3)c2=O)CC1. The van der Waals surface area contributed by atoms with E-state index in [1.807, 2.05) is 17.0 Å². The van der Waals surface area contributed by atoms with Gasteiger partial charge >= 0.3 is 0 Å². The molecule has 3 aliphatic heterocycles. The highest BCUT2D eigenvalue weighted by molar-refractivity contribution is 5.81. The second kappa shape index (κ2) is 9.45. The molecule has 1 amide bonds. The van der Waals surface area contributed by atoms with Crippen molar-refractivity contribution in [2.45, 2.75) is 57.1 Å². The Balaban J connectivity index is 1.05. The molecule has 1 aliphatic carbocycles. The molecule has 1 spiro atoms. The summed E-state index contributed by atoms with van der Waals surface area (Å²) in [5.41, 5.74) is 1.69. The molecule has 1 saturated carbocycles. The number of amides is 1. The molecule has 10 heteroatoms. The van der Waals surface area contributed by atoms with Gasteiger partial charge in [-0.3, -0.25) is 14.2 Å². The summed E-state index contributed by atoms with van der Waals surface area (Å²) in [6, 6.07) is 8.31. The first-order valence-corrected chi connectivity index (χ1v) is 14.3. The van der Waals surface area contributed by atoms with Crippen molar-refractivity contribution in [2.24, 2.45) is 11.3 Å². The van der Waals surface area contributed by atoms with Gasteiger partial charge in [-0.1, -0.05) is 0 Å². The number of anilines is 1. The second-order valence-electron chi connectivity index (χ2n) is 12.1. The van der Waals surface area contributed by atoms with Gasteiger partial charge in [-0.25, -0.2) is 9.67 Å². The summed E-state index contributed by atoms with van der Waals surface area (Å²) in [5.74, 6) is 0.393. The van der Waals surface area contributed by atoms with Crippen LogP contribution in [0.25, 0.3) is 16.7 Å². The Hall–Kier alpha value is -3.24. The van der Waals surface area contributed by atoms with Crippen LogP contribution in [0.4, 0.5) is 5.69 Å². The summed E-state index contributed by atoms with van der Waals surface area (Å²) in [6.45, 7) is 5.08. The van der Waals surface area contributed by atoms with Crippen molar-refractivity contribution in [3.63, 3.8) is 0 Å². The number of hydrogen-bond donors (Lipinski definition) is 1. The highest BCUT2D eigenvalue weighted by Crippen LogP contribution is 2.41. The van der Waals surface area contributed by atoms with Crippen LogP contribution in [0.1, 0.15) is 44.9 Å². The summed E-state index contributed by atoms with van der Waals surface area (Å²) in [7, 11) is 0. The van der Waals surface area contributed by atoms with E-state index in [1.165, 1.54) is 23.0 Å². The van der Waals surface area contributed by atoms with Crippen molar-refractivity contribution >= 4 is 22.6 Å². The topological polar surface area (TPSA) is 106 Å². The maximum absolute atomic E-state index is 13.3. The van der Waals surface area contributed by atoms with E-state index in [-0.39, 0.29) is 23.9 Å². The lowest BCUT2D eigenvalue weighted by molar-refractivity contribution is -0.137. The summed E-state index contributed by atoms with van der Waals surface area (Å²) in [6.07, 6.45) is 9.42. The van der Waals surface area contributed by atoms with Crippen LogP contribution in [0.15, 0.2) is 41.6 Å². The molecule has 3 aromatic rings. The van der Waals surface area contributed by atoms with Gasteiger partial charge < -0.3 is 19.6 Å². The molecule has 206 valence electrons. The first-order valence-electron chi connectivity index (χ1n) is 14.3. The van der Waals surface area contributed by atoms with E-state index in [9.17, 15) is 14.7 Å². The fourth-order valence-electron chi connectivity index (χ4n) is 6.63. The van der Waals surface area contributed by atoms with Gasteiger partial charge in [0.25, 0.3) is 5.56 Å². The van der Waals surface area contributed by atoms with Crippen molar-refractivity contribution in [2.75, 3.05) is 44.3 Å². The van der Waals surface area contributed by atoms with Crippen molar-refractivity contribution in [3.05, 3.63) is 47.1 Å². The van der Waals surface area contributed by atoms with Crippen LogP contribution in [0, 0.1) is 11.3 Å². The first-order chi connectivity index (χ1) is 18.9. The molecule has 5 heterocycles. The number of aromatic nitrogens is 4. The van der Waals surface area contributed by atoms with E-state index in [4.69, 9.17) is 4.74 Å². The number of nitrogens with zero attached hydrogens (tertiary/aromatic N) is 6. The van der Waals surface area contributed by atoms with Gasteiger partial charge in [-0.05, 0) is 74.6 Å². The van der Waals surface area contributed by atoms with Crippen LogP contribution in [-0.2, 0) is 16.1 Å². The van der Waals surface area contributed by atoms with Gasteiger partial charge in [0.2, 0.25) is 5.91 Å². The lowest BCUT2D eigenvalue weighted by Crippen LogP contribution is -2.50. The minimum atomic E-state index is -1.04. The molecule has 0 atom stereocenters. The molecule has 0 bridgehead atoms. The fourth-order valence-corrected chi connectivity index (χ4v) is 6.63. The molecule has 3 saturated heterocycles. The number of piperidine rings is 1. The molecule has 1 aromatic carbocycles. The lowest BCUT2D eigenvalue weighted by atomic mass is 9.80. The largest absolute Gasteiger partial charge is 0.388 e. The van der Waals surface area contributed by atoms with Crippen molar-refractivity contribution < 1.29 is 14.6 Å². The Morgan fingerprint density at radius 2 is 1.72 bits per heavy atom. The molecule has 4 aliphatic rings. The number of hydrogen-bond acceptors (Lipinski definition) is 7. The van der Waals surface area contributed by atoms with E-state index in [0.29, 0.717) is 42.4 Å². The molecule has 10 nitrogen and oxygen atoms in total. The van der Waals surface area contributed by atoms with Gasteiger partial charge in [-0.2, -0.15) is 5.10 Å². The predicted molar refractivity (Wildman–Crippen MR) is 146 cm³/mol. The van der Waals surface area contributed by atoms with E-state index in [0.717, 1.165) is 57.7 Å². The van der Waals surface area contributed by atoms with Crippen LogP contribution in [-0.4, -0.2) is 80.2 Å². The Kier molecular flexibility index (Phi) is 6.00. The molecule has 2 aromatic heterocycles. The maximum atomic E-state index is 13.3. The fraction of sp³-hybridized carbons (Fsp3) is 0.586. The molecular weight excluding hydrogens is 496 g/mol. The monoisotopic (exact) mass is 532 g/mol. The Morgan fingerprint density at radius 1 is 1.00 bits per heavy atom. The molecule has 0 radical (unpaired) electrons. The summed E-state index contributed by atoms with van der Waals surface area (Å²) < 4.78 is 8.77. The van der Waals surface area contributed by atoms with Gasteiger partial charge in [0.05, 0.1) is 24.0 Å². The number of likely N-dealkylation sites (tertiary alicyclic amines) is 1. The molecule has 0 unspecified atom stereocenters. The molecule has 7 rings (SSSR count). The minimum Gasteiger partial charge on any atom is -0.388 e. The number of rotatable bonds is 5. The zero-order chi connectivity index (χ0) is 26.6. The normalized spacial score (nSPS) is 22.6. The lowest BCUT2D eigenvalue weighted by Gasteiger charge is -2.38. The van der Waals surface area contributed by atoms with Crippen molar-refractivity contribution in [3.8, 4) is 5.69 Å². The number of carbonyl (C=O) groups is 1. The third-order valence-electron chi connectivity index (χ3n) is 9.40. The first kappa shape index (κ1) is 24.8. The number of aliphatic hydroxyl groups is 1. The van der Waals surface area contributed by atoms with Crippen molar-refractivity contribution in [1.29, 1.82) is 0 Å². The Bertz CT molecular complexity index is 1430. The van der Waals surface area contributed by atoms with Crippen molar-refractivity contribution in [1.82, 2.24) is 24.2 Å². The van der Waals surface area contributed by atoms with E-state index in [1.54, 1.807) is 10.9 Å². The molecule has 39 heavy (non-hydrogen) atoms. The third kappa shape index (κ3) is 4.63. The van der Waals surface area contributed by atoms with E-state index in [2.05, 4.69) is 27.1 Å². The van der Waals surface area contributed by atoms with Crippen LogP contribution < -0.4 is 10.5 Å². The summed E-state index contributed by atoms with van der Waals surface area (Å²) in [5, 5.41) is 16.1. The van der Waals surface area contributed by atoms with Crippen LogP contribution in [0.3, 0.4) is 0 Å². The van der Waals surface area contributed by atoms with Crippen LogP contribution in [0.5, 0.6) is 0 Å². The van der Waals surface area contributed by atoms with Gasteiger partial charge in [0, 0.05) is 51.0 Å². The maximum Gasteiger partial charge on any atom is 0.264 e. The van der Waals surface area contributed by atoms with Crippen LogP contribution >= 0.6 is 0 Å². The zero-order valence-electron chi connectivity index (χ0n) is 22.3. The van der Waals surface area contributed by atoms with E-state index < -0.39 is 5.60 Å². The number of ether oxygens (including phenoxy) is 1. The number of benzene rings is 1. The smallest absolute Gasteiger partial charge is 0.264 e. The Morgan fingerprint density at radius 3 is 2.44 bits per heavy atom. The highest BCUT2D eigenvalue weighted by atomic mass is 16.5. The zero-order valence-corrected chi connectivity index (χ0v) is 22.3. The third-order valence-corrected chi connectivity index (χ3v) is 9.40. The minimum absolute atomic E-state index is 0.156. The van der Waals surface area contributed by atoms with E-state index >= 15 is 0 Å². The van der Waals surface area contributed by atoms with Gasteiger partial charge in [0.1, 0.15) is 11.7 Å². The Labute approximate surface area is 227 Å². The summed E-state index contributed by atoms with van der Waals surface area (Å²) in [4.78, 5) is 34.6. The average molecular weight is 533 g/mol. The number of fused-ring (bicyclic) bond motifs is 1. The standard InChI is InChI=1S/C29H36N6O4/c36-26(21-1-2-21)32-13-8-29(38,9-14-32)19-34-20-30-25-24(27(34)37)17-31-35(25)23-5-3-22(4-6-23)33-12-7-28(18-33)10-15-39-16-11-28/h3-6,17,20-21,38H,1-2,7-16,18-19H2. The molecule has 1 N–H and O–H groups in total. The summed E-state index contributed by atoms with van der Waals surface area (Å²) >= 11 is 0. The second-order valence-corrected chi connectivity index (χ2v) is 12.1. The number of carbonyl (C=O) groups excluding carboxylic acids is 1. The predicted octanol–water partition coefficient (Wildman–Crippen LogP) is 2.35. The highest BCUT2D eigenvalue weighted by Gasteiger charge is 2.40. The molecular formula is C29H36N6O4. The average Bonchev–Trinajstić information content (AvgIpc) is 3.60. The van der Waals surface area contributed by atoms with Gasteiger partial charge in [-0.15, -0.1) is 0 Å².